The maximum Gasteiger partial charge on any atom is 0.339 e. The average molecular weight is 362 g/mol. The quantitative estimate of drug-likeness (QED) is 0.727. The highest BCUT2D eigenvalue weighted by atomic mass is 32.1. The van der Waals surface area contributed by atoms with Crippen LogP contribution in [-0.4, -0.2) is 31.7 Å². The van der Waals surface area contributed by atoms with Crippen LogP contribution in [0.4, 0.5) is 5.13 Å². The van der Waals surface area contributed by atoms with Crippen LogP contribution in [0.2, 0.25) is 0 Å². The zero-order chi connectivity index (χ0) is 17.3. The van der Waals surface area contributed by atoms with E-state index in [-0.39, 0.29) is 11.3 Å². The molecule has 0 aromatic carbocycles. The van der Waals surface area contributed by atoms with Gasteiger partial charge in [-0.1, -0.05) is 6.92 Å². The highest BCUT2D eigenvalue weighted by molar-refractivity contribution is 7.17. The van der Waals surface area contributed by atoms with E-state index < -0.39 is 11.9 Å². The number of carbonyl (C=O) groups excluding carboxylic acids is 1. The number of carbonyl (C=O) groups is 2. The maximum atomic E-state index is 12.3. The fraction of sp³-hybridized carbons (Fsp3) is 0.200. The second kappa shape index (κ2) is 6.54. The Hall–Kier alpha value is -2.52. The van der Waals surface area contributed by atoms with Crippen molar-refractivity contribution in [1.29, 1.82) is 0 Å². The summed E-state index contributed by atoms with van der Waals surface area (Å²) in [5, 5.41) is 17.9. The van der Waals surface area contributed by atoms with E-state index in [1.165, 1.54) is 27.1 Å². The molecule has 124 valence electrons. The van der Waals surface area contributed by atoms with Gasteiger partial charge in [-0.05, 0) is 18.6 Å². The van der Waals surface area contributed by atoms with Crippen LogP contribution in [0.5, 0.6) is 0 Å². The zero-order valence-electron chi connectivity index (χ0n) is 12.9. The van der Waals surface area contributed by atoms with E-state index in [4.69, 9.17) is 5.11 Å². The number of hydrogen-bond donors (Lipinski definition) is 2. The van der Waals surface area contributed by atoms with E-state index in [2.05, 4.69) is 28.4 Å². The highest BCUT2D eigenvalue weighted by Crippen LogP contribution is 2.31. The number of carboxylic acids is 1. The van der Waals surface area contributed by atoms with Gasteiger partial charge >= 0.3 is 5.97 Å². The molecule has 0 radical (unpaired) electrons. The van der Waals surface area contributed by atoms with Gasteiger partial charge < -0.3 is 5.11 Å². The molecule has 7 nitrogen and oxygen atoms in total. The molecule has 0 saturated carbocycles. The fourth-order valence-corrected chi connectivity index (χ4v) is 3.81. The van der Waals surface area contributed by atoms with Gasteiger partial charge in [0, 0.05) is 23.5 Å². The zero-order valence-corrected chi connectivity index (χ0v) is 14.6. The summed E-state index contributed by atoms with van der Waals surface area (Å²) in [5.41, 5.74) is 0.517. The number of aromatic carboxylic acids is 1. The molecule has 0 aliphatic carbocycles. The molecule has 0 bridgehead atoms. The molecule has 9 heteroatoms. The first-order chi connectivity index (χ1) is 11.5. The van der Waals surface area contributed by atoms with E-state index in [9.17, 15) is 9.59 Å². The van der Waals surface area contributed by atoms with Crippen LogP contribution in [0.25, 0.3) is 10.6 Å². The number of nitrogens with zero attached hydrogens (tertiary/aromatic N) is 3. The van der Waals surface area contributed by atoms with Crippen LogP contribution in [0.1, 0.15) is 32.6 Å². The van der Waals surface area contributed by atoms with E-state index in [1.807, 2.05) is 11.4 Å². The molecule has 3 aromatic rings. The van der Waals surface area contributed by atoms with Crippen molar-refractivity contribution in [3.8, 4) is 10.6 Å². The number of aryl methyl sites for hydroxylation is 2. The number of aromatic nitrogens is 3. The third-order valence-electron chi connectivity index (χ3n) is 3.26. The Labute approximate surface area is 145 Å². The molecule has 2 N–H and O–H groups in total. The van der Waals surface area contributed by atoms with Gasteiger partial charge in [0.15, 0.2) is 10.8 Å². The van der Waals surface area contributed by atoms with E-state index >= 15 is 0 Å². The summed E-state index contributed by atoms with van der Waals surface area (Å²) >= 11 is 2.95. The molecule has 3 aromatic heterocycles. The normalized spacial score (nSPS) is 10.8. The number of rotatable bonds is 5. The molecule has 0 atom stereocenters. The number of nitrogens with one attached hydrogen (secondary N) is 1. The minimum atomic E-state index is -1.20. The van der Waals surface area contributed by atoms with Crippen molar-refractivity contribution in [3.05, 3.63) is 39.8 Å². The molecule has 0 aliphatic heterocycles. The molecule has 0 saturated heterocycles. The maximum absolute atomic E-state index is 12.3. The fourth-order valence-electron chi connectivity index (χ4n) is 2.12. The van der Waals surface area contributed by atoms with E-state index in [1.54, 1.807) is 18.4 Å². The summed E-state index contributed by atoms with van der Waals surface area (Å²) in [4.78, 5) is 30.1. The largest absolute Gasteiger partial charge is 0.478 e. The summed E-state index contributed by atoms with van der Waals surface area (Å²) in [6.07, 6.45) is 2.26. The predicted molar refractivity (Wildman–Crippen MR) is 92.9 cm³/mol. The van der Waals surface area contributed by atoms with Gasteiger partial charge in [0.1, 0.15) is 5.56 Å². The van der Waals surface area contributed by atoms with Crippen LogP contribution < -0.4 is 5.32 Å². The second-order valence-corrected chi connectivity index (χ2v) is 7.01. The predicted octanol–water partition coefficient (Wildman–Crippen LogP) is 3.12. The number of anilines is 1. The Balaban J connectivity index is 1.79. The molecule has 24 heavy (non-hydrogen) atoms. The van der Waals surface area contributed by atoms with Crippen LogP contribution >= 0.6 is 22.7 Å². The topological polar surface area (TPSA) is 97.1 Å². The van der Waals surface area contributed by atoms with Crippen molar-refractivity contribution in [2.75, 3.05) is 5.32 Å². The lowest BCUT2D eigenvalue weighted by Crippen LogP contribution is -2.16. The monoisotopic (exact) mass is 362 g/mol. The molecule has 0 aliphatic rings. The first-order valence-electron chi connectivity index (χ1n) is 7.10. The second-order valence-electron chi connectivity index (χ2n) is 4.98. The number of hydrogen-bond acceptors (Lipinski definition) is 6. The molecule has 3 heterocycles. The van der Waals surface area contributed by atoms with E-state index in [0.717, 1.165) is 17.0 Å². The van der Waals surface area contributed by atoms with Crippen molar-refractivity contribution in [3.63, 3.8) is 0 Å². The number of thiazole rings is 1. The number of amides is 1. The standard InChI is InChI=1S/C15H14N4O3S2/c1-3-8-4-5-11(24-8)10-7-23-15(16-10)17-13(20)12-9(14(21)22)6-19(2)18-12/h4-7H,3H2,1-2H3,(H,21,22)(H,16,17,20). The molecule has 0 unspecified atom stereocenters. The Morgan fingerprint density at radius 2 is 2.17 bits per heavy atom. The SMILES string of the molecule is CCc1ccc(-c2csc(NC(=O)c3nn(C)cc3C(=O)O)n2)s1. The minimum Gasteiger partial charge on any atom is -0.478 e. The lowest BCUT2D eigenvalue weighted by atomic mass is 10.2. The average Bonchev–Trinajstić information content (AvgIpc) is 3.24. The summed E-state index contributed by atoms with van der Waals surface area (Å²) in [6, 6.07) is 4.07. The number of carboxylic acid groups (broad SMARTS) is 1. The van der Waals surface area contributed by atoms with Crippen LogP contribution in [0.15, 0.2) is 23.7 Å². The van der Waals surface area contributed by atoms with Crippen molar-refractivity contribution in [2.24, 2.45) is 7.05 Å². The summed E-state index contributed by atoms with van der Waals surface area (Å²) in [6.45, 7) is 2.09. The Kier molecular flexibility index (Phi) is 4.45. The highest BCUT2D eigenvalue weighted by Gasteiger charge is 2.22. The summed E-state index contributed by atoms with van der Waals surface area (Å²) in [5.74, 6) is -1.78. The third kappa shape index (κ3) is 3.22. The molecule has 0 spiro atoms. The smallest absolute Gasteiger partial charge is 0.339 e. The molecule has 0 fully saturated rings. The van der Waals surface area contributed by atoms with Crippen LogP contribution in [0, 0.1) is 0 Å². The molecular formula is C15H14N4O3S2. The molecule has 3 rings (SSSR count). The van der Waals surface area contributed by atoms with Crippen molar-refractivity contribution in [1.82, 2.24) is 14.8 Å². The van der Waals surface area contributed by atoms with Gasteiger partial charge in [0.25, 0.3) is 5.91 Å². The van der Waals surface area contributed by atoms with Gasteiger partial charge in [-0.25, -0.2) is 9.78 Å². The lowest BCUT2D eigenvalue weighted by Gasteiger charge is -1.99. The number of thiophene rings is 1. The Morgan fingerprint density at radius 1 is 1.38 bits per heavy atom. The minimum absolute atomic E-state index is 0.133. The van der Waals surface area contributed by atoms with Crippen LogP contribution in [-0.2, 0) is 13.5 Å². The van der Waals surface area contributed by atoms with Gasteiger partial charge in [-0.2, -0.15) is 5.10 Å². The van der Waals surface area contributed by atoms with Gasteiger partial charge in [0.05, 0.1) is 10.6 Å². The summed E-state index contributed by atoms with van der Waals surface area (Å²) < 4.78 is 1.30. The Morgan fingerprint density at radius 3 is 2.83 bits per heavy atom. The van der Waals surface area contributed by atoms with Gasteiger partial charge in [-0.3, -0.25) is 14.8 Å². The van der Waals surface area contributed by atoms with E-state index in [0.29, 0.717) is 5.13 Å². The first-order valence-corrected chi connectivity index (χ1v) is 8.80. The first kappa shape index (κ1) is 16.3. The van der Waals surface area contributed by atoms with Crippen molar-refractivity contribution < 1.29 is 14.7 Å². The van der Waals surface area contributed by atoms with Crippen LogP contribution in [0.3, 0.4) is 0 Å². The van der Waals surface area contributed by atoms with Gasteiger partial charge in [0.2, 0.25) is 0 Å². The Bertz CT molecular complexity index is 910. The molecule has 1 amide bonds. The van der Waals surface area contributed by atoms with Crippen molar-refractivity contribution in [2.45, 2.75) is 13.3 Å². The van der Waals surface area contributed by atoms with Crippen molar-refractivity contribution >= 4 is 39.7 Å². The lowest BCUT2D eigenvalue weighted by molar-refractivity contribution is 0.0692. The third-order valence-corrected chi connectivity index (χ3v) is 5.27. The summed E-state index contributed by atoms with van der Waals surface area (Å²) in [7, 11) is 1.56. The van der Waals surface area contributed by atoms with Gasteiger partial charge in [-0.15, -0.1) is 22.7 Å². The molecular weight excluding hydrogens is 348 g/mol.